The minimum atomic E-state index is -4.61. The maximum absolute atomic E-state index is 13.1. The fourth-order valence-electron chi connectivity index (χ4n) is 2.36. The van der Waals surface area contributed by atoms with Gasteiger partial charge >= 0.3 is 6.18 Å². The van der Waals surface area contributed by atoms with Gasteiger partial charge in [0.15, 0.2) is 6.04 Å². The highest BCUT2D eigenvalue weighted by Gasteiger charge is 2.35. The molecule has 2 aromatic rings. The number of nitrogens with two attached hydrogens (primary N) is 1. The summed E-state index contributed by atoms with van der Waals surface area (Å²) in [5.41, 5.74) is -0.548. The predicted octanol–water partition coefficient (Wildman–Crippen LogP) is 3.62. The van der Waals surface area contributed by atoms with Crippen molar-refractivity contribution in [3.05, 3.63) is 64.7 Å². The monoisotopic (exact) mass is 357 g/mol. The Morgan fingerprint density at radius 3 is 2.46 bits per heavy atom. The van der Waals surface area contributed by atoms with Gasteiger partial charge in [-0.1, -0.05) is 41.9 Å². The van der Waals surface area contributed by atoms with Gasteiger partial charge in [-0.05, 0) is 25.1 Å². The molecule has 0 saturated heterocycles. The summed E-state index contributed by atoms with van der Waals surface area (Å²) in [5.74, 6) is -0.518. The number of rotatable bonds is 5. The van der Waals surface area contributed by atoms with E-state index in [1.54, 1.807) is 29.6 Å². The molecular weight excluding hydrogens is 341 g/mol. The molecule has 1 amide bonds. The second kappa shape index (κ2) is 7.68. The standard InChI is InChI=1S/C17H16ClF3N2O/c1-2-22-15(11-6-4-3-5-7-11)16(24)23-14-9-8-12(18)10-13(14)17(19,20)21/h3-10,15,22H,2H2,1H3,(H,23,24)/p+1/t15-/m1/s1. The van der Waals surface area contributed by atoms with Crippen LogP contribution in [0.5, 0.6) is 0 Å². The number of halogens is 4. The summed E-state index contributed by atoms with van der Waals surface area (Å²) in [5, 5.41) is 4.10. The first-order chi connectivity index (χ1) is 11.3. The number of hydrogen-bond donors (Lipinski definition) is 2. The smallest absolute Gasteiger partial charge is 0.332 e. The number of carbonyl (C=O) groups excluding carboxylic acids is 1. The number of anilines is 1. The molecule has 0 fully saturated rings. The third kappa shape index (κ3) is 4.49. The van der Waals surface area contributed by atoms with E-state index in [4.69, 9.17) is 11.6 Å². The molecule has 0 aliphatic carbocycles. The number of hydrogen-bond acceptors (Lipinski definition) is 1. The molecule has 0 unspecified atom stereocenters. The van der Waals surface area contributed by atoms with Gasteiger partial charge in [0.2, 0.25) is 0 Å². The Labute approximate surface area is 142 Å². The quantitative estimate of drug-likeness (QED) is 0.843. The van der Waals surface area contributed by atoms with Crippen molar-refractivity contribution in [1.82, 2.24) is 0 Å². The molecule has 0 bridgehead atoms. The zero-order valence-corrected chi connectivity index (χ0v) is 13.7. The average Bonchev–Trinajstić information content (AvgIpc) is 2.54. The van der Waals surface area contributed by atoms with Crippen LogP contribution in [0.1, 0.15) is 24.1 Å². The first-order valence-electron chi connectivity index (χ1n) is 7.38. The number of quaternary nitrogens is 1. The molecule has 0 aliphatic rings. The summed E-state index contributed by atoms with van der Waals surface area (Å²) in [7, 11) is 0. The van der Waals surface area contributed by atoms with Crippen LogP contribution in [0.3, 0.4) is 0 Å². The van der Waals surface area contributed by atoms with Crippen molar-refractivity contribution in [3.8, 4) is 0 Å². The third-order valence-corrected chi connectivity index (χ3v) is 3.69. The van der Waals surface area contributed by atoms with Gasteiger partial charge in [-0.25, -0.2) is 0 Å². The fourth-order valence-corrected chi connectivity index (χ4v) is 2.53. The molecule has 2 aromatic carbocycles. The van der Waals surface area contributed by atoms with E-state index in [0.29, 0.717) is 6.54 Å². The van der Waals surface area contributed by atoms with E-state index < -0.39 is 23.7 Å². The minimum absolute atomic E-state index is 0.0416. The van der Waals surface area contributed by atoms with Crippen LogP contribution in [0.25, 0.3) is 0 Å². The molecule has 3 nitrogen and oxygen atoms in total. The highest BCUT2D eigenvalue weighted by atomic mass is 35.5. The van der Waals surface area contributed by atoms with Crippen LogP contribution in [0.15, 0.2) is 48.5 Å². The summed E-state index contributed by atoms with van der Waals surface area (Å²) in [6.45, 7) is 2.48. The predicted molar refractivity (Wildman–Crippen MR) is 86.7 cm³/mol. The van der Waals surface area contributed by atoms with Gasteiger partial charge in [-0.3, -0.25) is 4.79 Å². The molecule has 24 heavy (non-hydrogen) atoms. The first-order valence-corrected chi connectivity index (χ1v) is 7.76. The maximum atomic E-state index is 13.1. The third-order valence-electron chi connectivity index (χ3n) is 3.46. The number of carbonyl (C=O) groups is 1. The lowest BCUT2D eigenvalue weighted by molar-refractivity contribution is -0.679. The Morgan fingerprint density at radius 2 is 1.88 bits per heavy atom. The van der Waals surface area contributed by atoms with Crippen molar-refractivity contribution >= 4 is 23.2 Å². The molecule has 7 heteroatoms. The van der Waals surface area contributed by atoms with Crippen LogP contribution in [0, 0.1) is 0 Å². The second-order valence-electron chi connectivity index (χ2n) is 5.21. The van der Waals surface area contributed by atoms with Gasteiger partial charge in [-0.2, -0.15) is 13.2 Å². The van der Waals surface area contributed by atoms with E-state index in [-0.39, 0.29) is 10.7 Å². The summed E-state index contributed by atoms with van der Waals surface area (Å²) >= 11 is 5.65. The molecule has 1 atom stereocenters. The lowest BCUT2D eigenvalue weighted by atomic mass is 10.1. The molecule has 128 valence electrons. The topological polar surface area (TPSA) is 45.7 Å². The van der Waals surface area contributed by atoms with Crippen LogP contribution in [0.4, 0.5) is 18.9 Å². The average molecular weight is 358 g/mol. The SMILES string of the molecule is CC[NH2+][C@@H](C(=O)Nc1ccc(Cl)cc1C(F)(F)F)c1ccccc1. The zero-order chi connectivity index (χ0) is 17.7. The van der Waals surface area contributed by atoms with Crippen LogP contribution in [0.2, 0.25) is 5.02 Å². The van der Waals surface area contributed by atoms with Crippen LogP contribution in [-0.4, -0.2) is 12.5 Å². The minimum Gasteiger partial charge on any atom is -0.332 e. The van der Waals surface area contributed by atoms with Crippen LogP contribution < -0.4 is 10.6 Å². The van der Waals surface area contributed by atoms with E-state index in [1.807, 2.05) is 13.0 Å². The molecule has 0 aliphatic heterocycles. The summed E-state index contributed by atoms with van der Waals surface area (Å²) in [6, 6.07) is 11.6. The van der Waals surface area contributed by atoms with E-state index >= 15 is 0 Å². The normalized spacial score (nSPS) is 12.7. The Morgan fingerprint density at radius 1 is 1.21 bits per heavy atom. The Bertz CT molecular complexity index is 705. The van der Waals surface area contributed by atoms with Crippen molar-refractivity contribution in [2.24, 2.45) is 0 Å². The summed E-state index contributed by atoms with van der Waals surface area (Å²) < 4.78 is 39.4. The molecular formula is C17H17ClF3N2O+. The van der Waals surface area contributed by atoms with Gasteiger partial charge in [0, 0.05) is 10.6 Å². The van der Waals surface area contributed by atoms with Crippen molar-refractivity contribution in [3.63, 3.8) is 0 Å². The second-order valence-corrected chi connectivity index (χ2v) is 5.65. The van der Waals surface area contributed by atoms with Gasteiger partial charge in [0.1, 0.15) is 0 Å². The Kier molecular flexibility index (Phi) is 5.85. The molecule has 2 rings (SSSR count). The first kappa shape index (κ1) is 18.3. The van der Waals surface area contributed by atoms with Gasteiger partial charge in [0.05, 0.1) is 17.8 Å². The molecule has 0 saturated carbocycles. The van der Waals surface area contributed by atoms with Crippen molar-refractivity contribution < 1.29 is 23.3 Å². The number of alkyl halides is 3. The fraction of sp³-hybridized carbons (Fsp3) is 0.235. The van der Waals surface area contributed by atoms with Crippen LogP contribution >= 0.6 is 11.6 Å². The van der Waals surface area contributed by atoms with Crippen molar-refractivity contribution in [1.29, 1.82) is 0 Å². The molecule has 0 spiro atoms. The highest BCUT2D eigenvalue weighted by molar-refractivity contribution is 6.30. The molecule has 3 N–H and O–H groups in total. The number of amides is 1. The van der Waals surface area contributed by atoms with E-state index in [2.05, 4.69) is 5.32 Å². The number of benzene rings is 2. The maximum Gasteiger partial charge on any atom is 0.418 e. The van der Waals surface area contributed by atoms with Crippen LogP contribution in [-0.2, 0) is 11.0 Å². The van der Waals surface area contributed by atoms with Gasteiger partial charge < -0.3 is 10.6 Å². The zero-order valence-electron chi connectivity index (χ0n) is 12.9. The van der Waals surface area contributed by atoms with E-state index in [9.17, 15) is 18.0 Å². The molecule has 0 aromatic heterocycles. The van der Waals surface area contributed by atoms with E-state index in [0.717, 1.165) is 17.7 Å². The number of likely N-dealkylation sites (N-methyl/N-ethyl adjacent to an activating group) is 1. The molecule has 0 radical (unpaired) electrons. The molecule has 0 heterocycles. The Balaban J connectivity index is 2.31. The van der Waals surface area contributed by atoms with E-state index in [1.165, 1.54) is 6.07 Å². The summed E-state index contributed by atoms with van der Waals surface area (Å²) in [6.07, 6.45) is -4.61. The van der Waals surface area contributed by atoms with Crippen molar-refractivity contribution in [2.75, 3.05) is 11.9 Å². The van der Waals surface area contributed by atoms with Gasteiger partial charge in [-0.15, -0.1) is 0 Å². The Hall–Kier alpha value is -2.05. The largest absolute Gasteiger partial charge is 0.418 e. The number of nitrogens with one attached hydrogen (secondary N) is 1. The van der Waals surface area contributed by atoms with Gasteiger partial charge in [0.25, 0.3) is 5.91 Å². The lowest BCUT2D eigenvalue weighted by Gasteiger charge is -2.18. The van der Waals surface area contributed by atoms with Crippen molar-refractivity contribution in [2.45, 2.75) is 19.1 Å². The lowest BCUT2D eigenvalue weighted by Crippen LogP contribution is -2.86. The highest BCUT2D eigenvalue weighted by Crippen LogP contribution is 2.36. The summed E-state index contributed by atoms with van der Waals surface area (Å²) in [4.78, 5) is 12.5.